The van der Waals surface area contributed by atoms with E-state index in [4.69, 9.17) is 5.84 Å². The summed E-state index contributed by atoms with van der Waals surface area (Å²) in [5.41, 5.74) is 3.80. The van der Waals surface area contributed by atoms with E-state index in [1.54, 1.807) is 0 Å². The Morgan fingerprint density at radius 2 is 2.15 bits per heavy atom. The molecule has 1 aromatic heterocycles. The van der Waals surface area contributed by atoms with Crippen molar-refractivity contribution in [1.82, 2.24) is 10.4 Å². The molecule has 0 unspecified atom stereocenters. The van der Waals surface area contributed by atoms with Gasteiger partial charge in [-0.05, 0) is 31.4 Å². The summed E-state index contributed by atoms with van der Waals surface area (Å²) >= 11 is 0. The molecular weight excluding hydrogens is 186 g/mol. The van der Waals surface area contributed by atoms with Gasteiger partial charge in [-0.3, -0.25) is 16.3 Å². The number of nitrogens with zero attached hydrogens (tertiary/aromatic N) is 1. The van der Waals surface area contributed by atoms with Gasteiger partial charge < -0.3 is 0 Å². The van der Waals surface area contributed by atoms with Crippen molar-refractivity contribution in [2.75, 3.05) is 6.54 Å². The first-order chi connectivity index (χ1) is 5.93. The molecule has 0 saturated carbocycles. The Bertz CT molecular complexity index is 203. The molecule has 1 rings (SSSR count). The molecule has 3 nitrogen and oxygen atoms in total. The number of pyridine rings is 1. The van der Waals surface area contributed by atoms with Crippen molar-refractivity contribution in [2.45, 2.75) is 19.3 Å². The summed E-state index contributed by atoms with van der Waals surface area (Å²) in [4.78, 5) is 4.22. The van der Waals surface area contributed by atoms with E-state index in [1.165, 1.54) is 0 Å². The molecule has 3 N–H and O–H groups in total. The zero-order chi connectivity index (χ0) is 8.65. The smallest absolute Gasteiger partial charge is 0.0403 e. The van der Waals surface area contributed by atoms with E-state index >= 15 is 0 Å². The monoisotopic (exact) mass is 201 g/mol. The molecule has 0 radical (unpaired) electrons. The fourth-order valence-corrected chi connectivity index (χ4v) is 1.08. The van der Waals surface area contributed by atoms with Gasteiger partial charge in [-0.25, -0.2) is 0 Å². The third-order valence-corrected chi connectivity index (χ3v) is 1.73. The van der Waals surface area contributed by atoms with Crippen LogP contribution in [-0.2, 0) is 6.42 Å². The van der Waals surface area contributed by atoms with Crippen LogP contribution in [0, 0.1) is 0 Å². The van der Waals surface area contributed by atoms with Crippen LogP contribution in [0.25, 0.3) is 0 Å². The second-order valence-electron chi connectivity index (χ2n) is 2.73. The number of nitrogens with one attached hydrogen (secondary N) is 1. The number of aromatic nitrogens is 1. The Hall–Kier alpha value is -0.640. The summed E-state index contributed by atoms with van der Waals surface area (Å²) in [6.45, 7) is 0.882. The van der Waals surface area contributed by atoms with Gasteiger partial charge in [0.05, 0.1) is 0 Å². The number of aryl methyl sites for hydroxylation is 1. The minimum Gasteiger partial charge on any atom is -0.271 e. The molecule has 0 fully saturated rings. The van der Waals surface area contributed by atoms with E-state index in [2.05, 4.69) is 16.5 Å². The summed E-state index contributed by atoms with van der Waals surface area (Å²) < 4.78 is 0. The first-order valence-electron chi connectivity index (χ1n) is 4.27. The molecule has 0 aliphatic heterocycles. The topological polar surface area (TPSA) is 50.9 Å². The van der Waals surface area contributed by atoms with Gasteiger partial charge in [0.1, 0.15) is 0 Å². The SMILES string of the molecule is Cl.NNCCCCc1ccccn1. The van der Waals surface area contributed by atoms with Crippen molar-refractivity contribution < 1.29 is 0 Å². The van der Waals surface area contributed by atoms with Crippen molar-refractivity contribution in [3.63, 3.8) is 0 Å². The van der Waals surface area contributed by atoms with E-state index in [9.17, 15) is 0 Å². The zero-order valence-electron chi connectivity index (χ0n) is 7.57. The van der Waals surface area contributed by atoms with Gasteiger partial charge in [0.2, 0.25) is 0 Å². The number of hydrogen-bond donors (Lipinski definition) is 2. The zero-order valence-corrected chi connectivity index (χ0v) is 8.39. The first kappa shape index (κ1) is 12.4. The summed E-state index contributed by atoms with van der Waals surface area (Å²) in [6.07, 6.45) is 5.12. The Morgan fingerprint density at radius 3 is 2.77 bits per heavy atom. The second-order valence-corrected chi connectivity index (χ2v) is 2.73. The molecule has 0 amide bonds. The van der Waals surface area contributed by atoms with Crippen LogP contribution in [0.4, 0.5) is 0 Å². The van der Waals surface area contributed by atoms with Crippen LogP contribution in [0.5, 0.6) is 0 Å². The van der Waals surface area contributed by atoms with Crippen molar-refractivity contribution >= 4 is 12.4 Å². The van der Waals surface area contributed by atoms with Gasteiger partial charge in [0, 0.05) is 18.4 Å². The Labute approximate surface area is 85.1 Å². The minimum absolute atomic E-state index is 0. The molecule has 0 bridgehead atoms. The Morgan fingerprint density at radius 1 is 1.31 bits per heavy atom. The normalized spacial score (nSPS) is 9.31. The van der Waals surface area contributed by atoms with Gasteiger partial charge in [0.15, 0.2) is 0 Å². The van der Waals surface area contributed by atoms with Gasteiger partial charge in [0.25, 0.3) is 0 Å². The molecule has 0 spiro atoms. The highest BCUT2D eigenvalue weighted by Crippen LogP contribution is 1.99. The Balaban J connectivity index is 0.00000144. The van der Waals surface area contributed by atoms with E-state index in [-0.39, 0.29) is 12.4 Å². The summed E-state index contributed by atoms with van der Waals surface area (Å²) in [7, 11) is 0. The Kier molecular flexibility index (Phi) is 7.59. The van der Waals surface area contributed by atoms with E-state index in [0.717, 1.165) is 31.5 Å². The molecule has 0 saturated heterocycles. The van der Waals surface area contributed by atoms with Crippen molar-refractivity contribution in [3.05, 3.63) is 30.1 Å². The summed E-state index contributed by atoms with van der Waals surface area (Å²) in [5, 5.41) is 0. The number of hydrogen-bond acceptors (Lipinski definition) is 3. The maximum Gasteiger partial charge on any atom is 0.0403 e. The van der Waals surface area contributed by atoms with Gasteiger partial charge in [-0.15, -0.1) is 12.4 Å². The van der Waals surface area contributed by atoms with Gasteiger partial charge in [-0.1, -0.05) is 6.07 Å². The van der Waals surface area contributed by atoms with Gasteiger partial charge in [-0.2, -0.15) is 0 Å². The molecule has 0 aliphatic rings. The lowest BCUT2D eigenvalue weighted by Crippen LogP contribution is -2.22. The predicted molar refractivity (Wildman–Crippen MR) is 56.6 cm³/mol. The molecule has 4 heteroatoms. The highest BCUT2D eigenvalue weighted by molar-refractivity contribution is 5.85. The van der Waals surface area contributed by atoms with E-state index in [1.807, 2.05) is 18.3 Å². The molecule has 0 atom stereocenters. The lowest BCUT2D eigenvalue weighted by atomic mass is 10.2. The van der Waals surface area contributed by atoms with Crippen molar-refractivity contribution in [2.24, 2.45) is 5.84 Å². The first-order valence-corrected chi connectivity index (χ1v) is 4.27. The third kappa shape index (κ3) is 5.58. The molecule has 1 aromatic rings. The predicted octanol–water partition coefficient (Wildman–Crippen LogP) is 1.29. The molecular formula is C9H16ClN3. The largest absolute Gasteiger partial charge is 0.271 e. The molecule has 13 heavy (non-hydrogen) atoms. The third-order valence-electron chi connectivity index (χ3n) is 1.73. The fraction of sp³-hybridized carbons (Fsp3) is 0.444. The molecule has 0 aliphatic carbocycles. The van der Waals surface area contributed by atoms with Crippen molar-refractivity contribution in [1.29, 1.82) is 0 Å². The second kappa shape index (κ2) is 7.98. The average Bonchev–Trinajstić information content (AvgIpc) is 2.14. The highest BCUT2D eigenvalue weighted by atomic mass is 35.5. The lowest BCUT2D eigenvalue weighted by molar-refractivity contribution is 0.641. The molecule has 0 aromatic carbocycles. The van der Waals surface area contributed by atoms with Crippen LogP contribution < -0.4 is 11.3 Å². The fourth-order valence-electron chi connectivity index (χ4n) is 1.08. The minimum atomic E-state index is 0. The molecule has 74 valence electrons. The van der Waals surface area contributed by atoms with Crippen molar-refractivity contribution in [3.8, 4) is 0 Å². The van der Waals surface area contributed by atoms with Crippen LogP contribution in [0.3, 0.4) is 0 Å². The van der Waals surface area contributed by atoms with Crippen LogP contribution in [0.1, 0.15) is 18.5 Å². The summed E-state index contributed by atoms with van der Waals surface area (Å²) in [6, 6.07) is 6.00. The van der Waals surface area contributed by atoms with Gasteiger partial charge >= 0.3 is 0 Å². The van der Waals surface area contributed by atoms with Crippen LogP contribution in [-0.4, -0.2) is 11.5 Å². The number of nitrogens with two attached hydrogens (primary N) is 1. The van der Waals surface area contributed by atoms with Crippen LogP contribution in [0.15, 0.2) is 24.4 Å². The molecule has 1 heterocycles. The number of halogens is 1. The summed E-state index contributed by atoms with van der Waals surface area (Å²) in [5.74, 6) is 5.14. The van der Waals surface area contributed by atoms with E-state index < -0.39 is 0 Å². The van der Waals surface area contributed by atoms with E-state index in [0.29, 0.717) is 0 Å². The number of rotatable bonds is 5. The van der Waals surface area contributed by atoms with Crippen LogP contribution in [0.2, 0.25) is 0 Å². The maximum absolute atomic E-state index is 5.14. The number of unbranched alkanes of at least 4 members (excludes halogenated alkanes) is 1. The number of hydrazine groups is 1. The highest BCUT2D eigenvalue weighted by Gasteiger charge is 1.91. The standard InChI is InChI=1S/C9H15N3.ClH/c10-12-8-4-2-6-9-5-1-3-7-11-9;/h1,3,5,7,12H,2,4,6,8,10H2;1H. The average molecular weight is 202 g/mol. The quantitative estimate of drug-likeness (QED) is 0.429. The van der Waals surface area contributed by atoms with Crippen LogP contribution >= 0.6 is 12.4 Å². The lowest BCUT2D eigenvalue weighted by Gasteiger charge is -1.99. The maximum atomic E-state index is 5.14.